The third kappa shape index (κ3) is 3.82. The summed E-state index contributed by atoms with van der Waals surface area (Å²) in [6.45, 7) is 0.551. The van der Waals surface area contributed by atoms with E-state index in [1.807, 2.05) is 24.3 Å². The number of carbonyl (C=O) groups excluding carboxylic acids is 1. The third-order valence-electron chi connectivity index (χ3n) is 5.03. The molecule has 2 unspecified atom stereocenters. The van der Waals surface area contributed by atoms with Gasteiger partial charge in [-0.2, -0.15) is 0 Å². The monoisotopic (exact) mass is 381 g/mol. The Morgan fingerprint density at radius 1 is 1.26 bits per heavy atom. The van der Waals surface area contributed by atoms with Crippen molar-refractivity contribution in [1.29, 1.82) is 0 Å². The minimum absolute atomic E-state index is 0.0602. The fourth-order valence-electron chi connectivity index (χ4n) is 3.52. The Morgan fingerprint density at radius 3 is 2.81 bits per heavy atom. The van der Waals surface area contributed by atoms with E-state index in [2.05, 4.69) is 46.1 Å². The van der Waals surface area contributed by atoms with Gasteiger partial charge in [-0.1, -0.05) is 30.3 Å². The second kappa shape index (κ2) is 8.06. The van der Waals surface area contributed by atoms with Crippen LogP contribution in [-0.2, 0) is 4.79 Å². The van der Waals surface area contributed by atoms with E-state index in [4.69, 9.17) is 4.74 Å². The number of aromatic amines is 1. The van der Waals surface area contributed by atoms with Crippen molar-refractivity contribution in [2.75, 3.05) is 25.3 Å². The summed E-state index contributed by atoms with van der Waals surface area (Å²) in [4.78, 5) is 15.9. The highest BCUT2D eigenvalue weighted by molar-refractivity contribution is 7.99. The highest BCUT2D eigenvalue weighted by Gasteiger charge is 2.24. The molecule has 140 valence electrons. The highest BCUT2D eigenvalue weighted by Crippen LogP contribution is 2.31. The Balaban J connectivity index is 1.63. The lowest BCUT2D eigenvalue weighted by Gasteiger charge is -2.20. The van der Waals surface area contributed by atoms with Gasteiger partial charge in [0, 0.05) is 41.2 Å². The molecule has 27 heavy (non-hydrogen) atoms. The second-order valence-electron chi connectivity index (χ2n) is 6.63. The van der Waals surface area contributed by atoms with Crippen molar-refractivity contribution in [1.82, 2.24) is 15.6 Å². The number of carbonyl (C=O) groups is 1. The van der Waals surface area contributed by atoms with Crippen LogP contribution in [-0.4, -0.2) is 42.2 Å². The molecule has 0 aliphatic carbocycles. The number of hydrogen-bond donors (Lipinski definition) is 3. The van der Waals surface area contributed by atoms with Crippen LogP contribution < -0.4 is 15.4 Å². The molecule has 5 nitrogen and oxygen atoms in total. The first-order valence-corrected chi connectivity index (χ1v) is 10.2. The molecule has 3 N–H and O–H groups in total. The van der Waals surface area contributed by atoms with Crippen molar-refractivity contribution < 1.29 is 9.53 Å². The first kappa shape index (κ1) is 17.9. The number of aromatic nitrogens is 1. The van der Waals surface area contributed by atoms with Gasteiger partial charge >= 0.3 is 0 Å². The van der Waals surface area contributed by atoms with E-state index in [1.165, 1.54) is 10.9 Å². The molecule has 2 atom stereocenters. The Bertz CT molecular complexity index is 917. The first-order chi connectivity index (χ1) is 13.3. The standard InChI is InChI=1S/C21H23N3O2S/c1-26-15-8-6-14(7-9-15)17(10-23-21(25)20-12-27-13-24-20)18-11-22-19-5-3-2-4-16(18)19/h2-9,11,17,20,22,24H,10,12-13H2,1H3,(H,23,25). The van der Waals surface area contributed by atoms with Crippen LogP contribution in [0.2, 0.25) is 0 Å². The number of para-hydroxylation sites is 1. The third-order valence-corrected chi connectivity index (χ3v) is 5.97. The molecule has 1 aliphatic heterocycles. The minimum atomic E-state index is -0.102. The van der Waals surface area contributed by atoms with Crippen molar-refractivity contribution in [3.8, 4) is 5.75 Å². The van der Waals surface area contributed by atoms with E-state index in [0.29, 0.717) is 6.54 Å². The molecule has 1 amide bonds. The van der Waals surface area contributed by atoms with Crippen molar-refractivity contribution in [3.05, 3.63) is 65.9 Å². The van der Waals surface area contributed by atoms with Crippen LogP contribution in [0.15, 0.2) is 54.7 Å². The van der Waals surface area contributed by atoms with E-state index in [1.54, 1.807) is 18.9 Å². The Labute approximate surface area is 162 Å². The maximum Gasteiger partial charge on any atom is 0.238 e. The largest absolute Gasteiger partial charge is 0.497 e. The quantitative estimate of drug-likeness (QED) is 0.614. The van der Waals surface area contributed by atoms with Gasteiger partial charge < -0.3 is 15.0 Å². The number of amides is 1. The van der Waals surface area contributed by atoms with Gasteiger partial charge in [-0.05, 0) is 29.3 Å². The number of nitrogens with one attached hydrogen (secondary N) is 3. The van der Waals surface area contributed by atoms with Crippen LogP contribution in [0, 0.1) is 0 Å². The summed E-state index contributed by atoms with van der Waals surface area (Å²) in [6, 6.07) is 16.2. The van der Waals surface area contributed by atoms with Gasteiger partial charge in [0.15, 0.2) is 0 Å². The molecule has 1 fully saturated rings. The average molecular weight is 382 g/mol. The smallest absolute Gasteiger partial charge is 0.238 e. The predicted molar refractivity (Wildman–Crippen MR) is 110 cm³/mol. The second-order valence-corrected chi connectivity index (χ2v) is 7.66. The zero-order chi connectivity index (χ0) is 18.6. The van der Waals surface area contributed by atoms with Gasteiger partial charge in [-0.3, -0.25) is 10.1 Å². The molecule has 1 aliphatic rings. The summed E-state index contributed by atoms with van der Waals surface area (Å²) in [5, 5.41) is 7.55. The average Bonchev–Trinajstić information content (AvgIpc) is 3.39. The van der Waals surface area contributed by atoms with Gasteiger partial charge in [0.05, 0.1) is 13.2 Å². The molecule has 4 rings (SSSR count). The minimum Gasteiger partial charge on any atom is -0.497 e. The summed E-state index contributed by atoms with van der Waals surface area (Å²) in [5.41, 5.74) is 3.44. The molecule has 2 aromatic carbocycles. The molecule has 0 spiro atoms. The fourth-order valence-corrected chi connectivity index (χ4v) is 4.46. The van der Waals surface area contributed by atoms with E-state index in [9.17, 15) is 4.79 Å². The van der Waals surface area contributed by atoms with Crippen LogP contribution in [0.3, 0.4) is 0 Å². The van der Waals surface area contributed by atoms with Crippen molar-refractivity contribution in [2.24, 2.45) is 0 Å². The molecule has 2 heterocycles. The van der Waals surface area contributed by atoms with Crippen LogP contribution in [0.1, 0.15) is 17.0 Å². The lowest BCUT2D eigenvalue weighted by molar-refractivity contribution is -0.122. The lowest BCUT2D eigenvalue weighted by Crippen LogP contribution is -2.43. The van der Waals surface area contributed by atoms with Crippen molar-refractivity contribution >= 4 is 28.6 Å². The van der Waals surface area contributed by atoms with Crippen LogP contribution in [0.4, 0.5) is 0 Å². The van der Waals surface area contributed by atoms with Crippen LogP contribution in [0.25, 0.3) is 10.9 Å². The van der Waals surface area contributed by atoms with E-state index in [0.717, 1.165) is 28.5 Å². The Morgan fingerprint density at radius 2 is 2.07 bits per heavy atom. The number of benzene rings is 2. The number of H-pyrrole nitrogens is 1. The van der Waals surface area contributed by atoms with Gasteiger partial charge in [0.25, 0.3) is 0 Å². The summed E-state index contributed by atoms with van der Waals surface area (Å²) >= 11 is 1.75. The Hall–Kier alpha value is -2.44. The molecule has 1 aromatic heterocycles. The van der Waals surface area contributed by atoms with Crippen LogP contribution in [0.5, 0.6) is 5.75 Å². The van der Waals surface area contributed by atoms with Gasteiger partial charge in [0.1, 0.15) is 5.75 Å². The van der Waals surface area contributed by atoms with Gasteiger partial charge in [-0.15, -0.1) is 11.8 Å². The zero-order valence-corrected chi connectivity index (χ0v) is 16.0. The molecular formula is C21H23N3O2S. The summed E-state index contributed by atoms with van der Waals surface area (Å²) < 4.78 is 5.29. The molecule has 0 saturated carbocycles. The molecule has 6 heteroatoms. The molecule has 1 saturated heterocycles. The predicted octanol–water partition coefficient (Wildman–Crippen LogP) is 3.09. The normalized spacial score (nSPS) is 17.7. The number of hydrogen-bond acceptors (Lipinski definition) is 4. The molecule has 0 radical (unpaired) electrons. The number of fused-ring (bicyclic) bond motifs is 1. The van der Waals surface area contributed by atoms with E-state index >= 15 is 0 Å². The van der Waals surface area contributed by atoms with Gasteiger partial charge in [0.2, 0.25) is 5.91 Å². The molecular weight excluding hydrogens is 358 g/mol. The lowest BCUT2D eigenvalue weighted by atomic mass is 9.90. The summed E-state index contributed by atoms with van der Waals surface area (Å²) in [6.07, 6.45) is 2.05. The van der Waals surface area contributed by atoms with Gasteiger partial charge in [-0.25, -0.2) is 0 Å². The SMILES string of the molecule is COc1ccc(C(CNC(=O)C2CSCN2)c2c[nH]c3ccccc23)cc1. The summed E-state index contributed by atoms with van der Waals surface area (Å²) in [5.74, 6) is 2.62. The fraction of sp³-hybridized carbons (Fsp3) is 0.286. The summed E-state index contributed by atoms with van der Waals surface area (Å²) in [7, 11) is 1.67. The highest BCUT2D eigenvalue weighted by atomic mass is 32.2. The number of thioether (sulfide) groups is 1. The van der Waals surface area contributed by atoms with Crippen molar-refractivity contribution in [2.45, 2.75) is 12.0 Å². The van der Waals surface area contributed by atoms with E-state index < -0.39 is 0 Å². The number of methoxy groups -OCH3 is 1. The van der Waals surface area contributed by atoms with E-state index in [-0.39, 0.29) is 17.9 Å². The topological polar surface area (TPSA) is 66.2 Å². The number of rotatable bonds is 6. The van der Waals surface area contributed by atoms with Crippen molar-refractivity contribution in [3.63, 3.8) is 0 Å². The zero-order valence-electron chi connectivity index (χ0n) is 15.2. The first-order valence-electron chi connectivity index (χ1n) is 9.05. The Kier molecular flexibility index (Phi) is 5.36. The maximum atomic E-state index is 12.5. The number of ether oxygens (including phenoxy) is 1. The maximum absolute atomic E-state index is 12.5. The molecule has 3 aromatic rings. The van der Waals surface area contributed by atoms with Crippen LogP contribution >= 0.6 is 11.8 Å². The molecule has 0 bridgehead atoms.